The lowest BCUT2D eigenvalue weighted by atomic mass is 10.2. The lowest BCUT2D eigenvalue weighted by Gasteiger charge is -2.26. The van der Waals surface area contributed by atoms with Gasteiger partial charge >= 0.3 is 0 Å². The first-order valence-corrected chi connectivity index (χ1v) is 8.43. The van der Waals surface area contributed by atoms with Crippen LogP contribution in [0.2, 0.25) is 0 Å². The molecule has 130 valence electrons. The van der Waals surface area contributed by atoms with Gasteiger partial charge in [0, 0.05) is 17.6 Å². The van der Waals surface area contributed by atoms with Crippen molar-refractivity contribution in [1.82, 2.24) is 4.98 Å². The zero-order chi connectivity index (χ0) is 18.1. The summed E-state index contributed by atoms with van der Waals surface area (Å²) >= 11 is 0. The van der Waals surface area contributed by atoms with E-state index in [9.17, 15) is 4.79 Å². The van der Waals surface area contributed by atoms with Gasteiger partial charge in [0.25, 0.3) is 5.91 Å². The molecule has 2 heterocycles. The predicted octanol–water partition coefficient (Wildman–Crippen LogP) is 4.17. The van der Waals surface area contributed by atoms with Crippen molar-refractivity contribution in [3.8, 4) is 5.75 Å². The maximum atomic E-state index is 13.0. The number of anilines is 2. The first-order chi connectivity index (χ1) is 12.7. The van der Waals surface area contributed by atoms with Crippen molar-refractivity contribution in [2.45, 2.75) is 13.1 Å². The Bertz CT molecular complexity index is 936. The molecule has 0 radical (unpaired) electrons. The molecule has 0 saturated carbocycles. The fraction of sp³-hybridized carbons (Fsp3) is 0.143. The number of aromatic nitrogens is 1. The van der Waals surface area contributed by atoms with Gasteiger partial charge in [-0.2, -0.15) is 0 Å². The minimum absolute atomic E-state index is 0.0528. The van der Waals surface area contributed by atoms with E-state index in [1.165, 1.54) is 0 Å². The van der Waals surface area contributed by atoms with E-state index < -0.39 is 0 Å². The van der Waals surface area contributed by atoms with Crippen LogP contribution in [0.1, 0.15) is 27.8 Å². The Labute approximate surface area is 152 Å². The zero-order valence-corrected chi connectivity index (χ0v) is 14.6. The predicted molar refractivity (Wildman–Crippen MR) is 102 cm³/mol. The van der Waals surface area contributed by atoms with Crippen LogP contribution in [0, 0.1) is 6.92 Å². The topological polar surface area (TPSA) is 54.5 Å². The van der Waals surface area contributed by atoms with Crippen LogP contribution >= 0.6 is 0 Å². The molecule has 1 N–H and O–H groups in total. The van der Waals surface area contributed by atoms with E-state index in [0.29, 0.717) is 5.56 Å². The molecular formula is C21H19N3O2. The number of amides is 1. The number of nitrogens with zero attached hydrogens (tertiary/aromatic N) is 2. The van der Waals surface area contributed by atoms with Gasteiger partial charge in [0.05, 0.1) is 18.4 Å². The first-order valence-electron chi connectivity index (χ1n) is 8.43. The smallest absolute Gasteiger partial charge is 0.262 e. The monoisotopic (exact) mass is 345 g/mol. The Kier molecular flexibility index (Phi) is 4.05. The number of carbonyl (C=O) groups is 1. The van der Waals surface area contributed by atoms with E-state index in [0.717, 1.165) is 28.4 Å². The van der Waals surface area contributed by atoms with Crippen LogP contribution in [-0.4, -0.2) is 18.0 Å². The molecule has 0 fully saturated rings. The highest BCUT2D eigenvalue weighted by atomic mass is 16.5. The molecule has 1 aromatic heterocycles. The van der Waals surface area contributed by atoms with Gasteiger partial charge in [-0.3, -0.25) is 14.7 Å². The molecule has 0 spiro atoms. The van der Waals surface area contributed by atoms with Crippen LogP contribution in [-0.2, 0) is 0 Å². The number of nitrogens with one attached hydrogen (secondary N) is 1. The van der Waals surface area contributed by atoms with Crippen molar-refractivity contribution in [2.24, 2.45) is 0 Å². The number of fused-ring (bicyclic) bond motifs is 1. The summed E-state index contributed by atoms with van der Waals surface area (Å²) in [5.74, 6) is 0.731. The number of ether oxygens (including phenoxy) is 1. The lowest BCUT2D eigenvalue weighted by molar-refractivity contribution is 0.0993. The molecule has 5 nitrogen and oxygen atoms in total. The summed E-state index contributed by atoms with van der Waals surface area (Å²) in [6.07, 6.45) is 1.35. The Morgan fingerprint density at radius 3 is 2.46 bits per heavy atom. The maximum Gasteiger partial charge on any atom is 0.262 e. The molecule has 26 heavy (non-hydrogen) atoms. The van der Waals surface area contributed by atoms with Crippen LogP contribution in [0.4, 0.5) is 11.4 Å². The van der Waals surface area contributed by atoms with Crippen LogP contribution in [0.5, 0.6) is 5.75 Å². The van der Waals surface area contributed by atoms with Crippen LogP contribution in [0.25, 0.3) is 0 Å². The van der Waals surface area contributed by atoms with Crippen molar-refractivity contribution in [1.29, 1.82) is 0 Å². The summed E-state index contributed by atoms with van der Waals surface area (Å²) < 4.78 is 5.21. The van der Waals surface area contributed by atoms with Gasteiger partial charge < -0.3 is 10.1 Å². The van der Waals surface area contributed by atoms with Crippen molar-refractivity contribution >= 4 is 17.3 Å². The van der Waals surface area contributed by atoms with E-state index in [2.05, 4.69) is 10.3 Å². The fourth-order valence-corrected chi connectivity index (χ4v) is 3.14. The average Bonchev–Trinajstić information content (AvgIpc) is 2.95. The first kappa shape index (κ1) is 16.1. The summed E-state index contributed by atoms with van der Waals surface area (Å²) in [5.41, 5.74) is 4.23. The van der Waals surface area contributed by atoms with Gasteiger partial charge in [0.1, 0.15) is 5.75 Å². The van der Waals surface area contributed by atoms with Crippen LogP contribution in [0.15, 0.2) is 66.9 Å². The number of pyridine rings is 1. The summed E-state index contributed by atoms with van der Waals surface area (Å²) in [4.78, 5) is 19.2. The molecule has 3 aromatic rings. The molecule has 0 aliphatic carbocycles. The number of hydrogen-bond acceptors (Lipinski definition) is 4. The third-order valence-electron chi connectivity index (χ3n) is 4.51. The molecule has 1 atom stereocenters. The van der Waals surface area contributed by atoms with Gasteiger partial charge in [-0.25, -0.2) is 0 Å². The highest BCUT2D eigenvalue weighted by molar-refractivity contribution is 6.11. The average molecular weight is 345 g/mol. The Morgan fingerprint density at radius 1 is 1.04 bits per heavy atom. The molecule has 1 aliphatic rings. The van der Waals surface area contributed by atoms with Crippen molar-refractivity contribution < 1.29 is 9.53 Å². The van der Waals surface area contributed by atoms with Crippen molar-refractivity contribution in [3.05, 3.63) is 83.7 Å². The highest BCUT2D eigenvalue weighted by Crippen LogP contribution is 2.37. The minimum atomic E-state index is -0.366. The van der Waals surface area contributed by atoms with Crippen molar-refractivity contribution in [3.63, 3.8) is 0 Å². The third-order valence-corrected chi connectivity index (χ3v) is 4.51. The minimum Gasteiger partial charge on any atom is -0.497 e. The molecule has 1 amide bonds. The number of benzene rings is 2. The second-order valence-corrected chi connectivity index (χ2v) is 6.22. The molecule has 4 rings (SSSR count). The summed E-state index contributed by atoms with van der Waals surface area (Å²) in [6, 6.07) is 19.2. The van der Waals surface area contributed by atoms with Gasteiger partial charge in [0.2, 0.25) is 0 Å². The molecular weight excluding hydrogens is 326 g/mol. The second kappa shape index (κ2) is 6.52. The van der Waals surface area contributed by atoms with Crippen molar-refractivity contribution in [2.75, 3.05) is 17.3 Å². The van der Waals surface area contributed by atoms with E-state index in [1.807, 2.05) is 61.5 Å². The standard InChI is InChI=1S/C21H19N3O2/c1-14-5-9-16(10-6-14)24-20(19-18(21(24)25)4-3-13-22-19)23-15-7-11-17(26-2)12-8-15/h3-13,20,23H,1-2H3. The van der Waals surface area contributed by atoms with Gasteiger partial charge in [-0.1, -0.05) is 17.7 Å². The summed E-state index contributed by atoms with van der Waals surface area (Å²) in [5, 5.41) is 3.43. The number of hydrogen-bond donors (Lipinski definition) is 1. The SMILES string of the molecule is COc1ccc(NC2c3ncccc3C(=O)N2c2ccc(C)cc2)cc1. The van der Waals surface area contributed by atoms with Crippen LogP contribution in [0.3, 0.4) is 0 Å². The van der Waals surface area contributed by atoms with E-state index in [4.69, 9.17) is 4.74 Å². The Hall–Kier alpha value is -3.34. The Balaban J connectivity index is 1.74. The maximum absolute atomic E-state index is 13.0. The third kappa shape index (κ3) is 2.77. The number of rotatable bonds is 4. The molecule has 2 aromatic carbocycles. The second-order valence-electron chi connectivity index (χ2n) is 6.22. The zero-order valence-electron chi connectivity index (χ0n) is 14.6. The van der Waals surface area contributed by atoms with Crippen LogP contribution < -0.4 is 15.0 Å². The normalized spacial score (nSPS) is 15.7. The fourth-order valence-electron chi connectivity index (χ4n) is 3.14. The largest absolute Gasteiger partial charge is 0.497 e. The van der Waals surface area contributed by atoms with Gasteiger partial charge in [0.15, 0.2) is 6.17 Å². The number of aryl methyl sites for hydroxylation is 1. The highest BCUT2D eigenvalue weighted by Gasteiger charge is 2.38. The molecule has 5 heteroatoms. The van der Waals surface area contributed by atoms with Gasteiger partial charge in [-0.05, 0) is 55.5 Å². The lowest BCUT2D eigenvalue weighted by Crippen LogP contribution is -2.32. The Morgan fingerprint density at radius 2 is 1.77 bits per heavy atom. The number of carbonyl (C=O) groups excluding carboxylic acids is 1. The van der Waals surface area contributed by atoms with E-state index in [-0.39, 0.29) is 12.1 Å². The van der Waals surface area contributed by atoms with E-state index in [1.54, 1.807) is 24.3 Å². The summed E-state index contributed by atoms with van der Waals surface area (Å²) in [6.45, 7) is 2.03. The molecule has 0 saturated heterocycles. The van der Waals surface area contributed by atoms with E-state index >= 15 is 0 Å². The number of methoxy groups -OCH3 is 1. The molecule has 0 bridgehead atoms. The van der Waals surface area contributed by atoms with Gasteiger partial charge in [-0.15, -0.1) is 0 Å². The molecule has 1 aliphatic heterocycles. The molecule has 1 unspecified atom stereocenters. The quantitative estimate of drug-likeness (QED) is 0.771. The summed E-state index contributed by atoms with van der Waals surface area (Å²) in [7, 11) is 1.64.